The number of hydrogen-bond acceptors (Lipinski definition) is 5. The molecule has 146 valence electrons. The third kappa shape index (κ3) is 3.75. The molecular formula is C21H17N3O4S. The molecule has 29 heavy (non-hydrogen) atoms. The molecule has 0 spiro atoms. The molecule has 4 rings (SSSR count). The SMILES string of the molecule is CS(=O)(=O)c1ccc(-c2ccc(-c3nc4ccc(C(=O)NO)cc4[nH]3)cc2)cc1. The number of rotatable bonds is 4. The molecule has 0 aliphatic rings. The largest absolute Gasteiger partial charge is 0.338 e. The van der Waals surface area contributed by atoms with E-state index in [1.165, 1.54) is 6.26 Å². The minimum Gasteiger partial charge on any atom is -0.338 e. The fourth-order valence-corrected chi connectivity index (χ4v) is 3.70. The molecule has 0 radical (unpaired) electrons. The van der Waals surface area contributed by atoms with Crippen molar-refractivity contribution in [2.75, 3.05) is 6.26 Å². The number of sulfone groups is 1. The molecule has 0 bridgehead atoms. The van der Waals surface area contributed by atoms with Crippen LogP contribution in [0.15, 0.2) is 71.6 Å². The minimum atomic E-state index is -3.22. The summed E-state index contributed by atoms with van der Waals surface area (Å²) in [6.45, 7) is 0. The third-order valence-corrected chi connectivity index (χ3v) is 5.75. The van der Waals surface area contributed by atoms with Gasteiger partial charge >= 0.3 is 0 Å². The number of nitrogens with zero attached hydrogens (tertiary/aromatic N) is 1. The number of aromatic amines is 1. The summed E-state index contributed by atoms with van der Waals surface area (Å²) in [5.41, 5.74) is 6.05. The first kappa shape index (κ1) is 18.9. The van der Waals surface area contributed by atoms with E-state index in [1.807, 2.05) is 24.3 Å². The Morgan fingerprint density at radius 2 is 1.52 bits per heavy atom. The number of H-pyrrole nitrogens is 1. The second kappa shape index (κ2) is 7.16. The average Bonchev–Trinajstić information content (AvgIpc) is 3.16. The Kier molecular flexibility index (Phi) is 4.65. The number of aromatic nitrogens is 2. The lowest BCUT2D eigenvalue weighted by Crippen LogP contribution is -2.18. The van der Waals surface area contributed by atoms with Gasteiger partial charge in [-0.15, -0.1) is 0 Å². The fourth-order valence-electron chi connectivity index (χ4n) is 3.07. The van der Waals surface area contributed by atoms with Gasteiger partial charge in [0.15, 0.2) is 9.84 Å². The maximum atomic E-state index is 11.6. The van der Waals surface area contributed by atoms with Crippen molar-refractivity contribution in [3.05, 3.63) is 72.3 Å². The van der Waals surface area contributed by atoms with E-state index in [0.717, 1.165) is 16.7 Å². The van der Waals surface area contributed by atoms with Crippen LogP contribution in [0.5, 0.6) is 0 Å². The van der Waals surface area contributed by atoms with Gasteiger partial charge in [0.05, 0.1) is 15.9 Å². The van der Waals surface area contributed by atoms with Gasteiger partial charge in [0.2, 0.25) is 0 Å². The Bertz CT molecular complexity index is 1310. The van der Waals surface area contributed by atoms with Gasteiger partial charge in [-0.3, -0.25) is 10.0 Å². The van der Waals surface area contributed by atoms with Gasteiger partial charge in [-0.05, 0) is 41.5 Å². The molecule has 4 aromatic rings. The number of benzene rings is 3. The van der Waals surface area contributed by atoms with Crippen LogP contribution in [0.25, 0.3) is 33.5 Å². The lowest BCUT2D eigenvalue weighted by molar-refractivity contribution is 0.0706. The summed E-state index contributed by atoms with van der Waals surface area (Å²) in [5.74, 6) is 0.0647. The maximum absolute atomic E-state index is 11.6. The number of carbonyl (C=O) groups excluding carboxylic acids is 1. The normalized spacial score (nSPS) is 11.5. The summed E-state index contributed by atoms with van der Waals surface area (Å²) >= 11 is 0. The van der Waals surface area contributed by atoms with Crippen LogP contribution in [0.3, 0.4) is 0 Å². The highest BCUT2D eigenvalue weighted by molar-refractivity contribution is 7.90. The van der Waals surface area contributed by atoms with E-state index < -0.39 is 15.7 Å². The molecule has 0 saturated carbocycles. The molecule has 3 aromatic carbocycles. The van der Waals surface area contributed by atoms with Crippen molar-refractivity contribution in [3.63, 3.8) is 0 Å². The van der Waals surface area contributed by atoms with Crippen molar-refractivity contribution in [1.82, 2.24) is 15.4 Å². The Hall–Kier alpha value is -3.49. The highest BCUT2D eigenvalue weighted by atomic mass is 32.2. The first-order valence-corrected chi connectivity index (χ1v) is 10.6. The van der Waals surface area contributed by atoms with Crippen molar-refractivity contribution in [1.29, 1.82) is 0 Å². The van der Waals surface area contributed by atoms with Gasteiger partial charge < -0.3 is 4.98 Å². The standard InChI is InChI=1S/C21H17N3O4S/c1-29(27,28)17-9-6-14(7-10-17)13-2-4-15(5-3-13)20-22-18-11-8-16(21(25)24-26)12-19(18)23-20/h2-12,26H,1H3,(H,22,23)(H,24,25). The van der Waals surface area contributed by atoms with Gasteiger partial charge in [-0.25, -0.2) is 18.9 Å². The first-order chi connectivity index (χ1) is 13.8. The van der Waals surface area contributed by atoms with Crippen molar-refractivity contribution in [3.8, 4) is 22.5 Å². The Morgan fingerprint density at radius 1 is 0.931 bits per heavy atom. The van der Waals surface area contributed by atoms with E-state index in [9.17, 15) is 13.2 Å². The van der Waals surface area contributed by atoms with Crippen molar-refractivity contribution in [2.24, 2.45) is 0 Å². The maximum Gasteiger partial charge on any atom is 0.274 e. The van der Waals surface area contributed by atoms with Gasteiger partial charge in [0.25, 0.3) is 5.91 Å². The smallest absolute Gasteiger partial charge is 0.274 e. The molecule has 3 N–H and O–H groups in total. The molecule has 0 atom stereocenters. The van der Waals surface area contributed by atoms with Crippen molar-refractivity contribution in [2.45, 2.75) is 4.90 Å². The van der Waals surface area contributed by atoms with Crippen LogP contribution in [-0.2, 0) is 9.84 Å². The highest BCUT2D eigenvalue weighted by Gasteiger charge is 2.10. The summed E-state index contributed by atoms with van der Waals surface area (Å²) in [4.78, 5) is 19.5. The van der Waals surface area contributed by atoms with Gasteiger partial charge in [0, 0.05) is 17.4 Å². The zero-order valence-corrected chi connectivity index (χ0v) is 16.2. The first-order valence-electron chi connectivity index (χ1n) is 8.70. The molecule has 0 aliphatic heterocycles. The minimum absolute atomic E-state index is 0.286. The quantitative estimate of drug-likeness (QED) is 0.354. The Labute approximate surface area is 166 Å². The third-order valence-electron chi connectivity index (χ3n) is 4.62. The van der Waals surface area contributed by atoms with Crippen LogP contribution >= 0.6 is 0 Å². The van der Waals surface area contributed by atoms with Gasteiger partial charge in [-0.2, -0.15) is 0 Å². The number of hydrogen-bond donors (Lipinski definition) is 3. The van der Waals surface area contributed by atoms with Crippen LogP contribution in [0.2, 0.25) is 0 Å². The molecule has 1 heterocycles. The van der Waals surface area contributed by atoms with E-state index in [1.54, 1.807) is 47.9 Å². The Morgan fingerprint density at radius 3 is 2.10 bits per heavy atom. The monoisotopic (exact) mass is 407 g/mol. The number of carbonyl (C=O) groups is 1. The summed E-state index contributed by atoms with van der Waals surface area (Å²) in [6.07, 6.45) is 1.18. The molecule has 1 amide bonds. The van der Waals surface area contributed by atoms with Crippen LogP contribution in [0.4, 0.5) is 0 Å². The van der Waals surface area contributed by atoms with Crippen LogP contribution in [0.1, 0.15) is 10.4 Å². The molecule has 0 aliphatic carbocycles. The average molecular weight is 407 g/mol. The van der Waals surface area contributed by atoms with E-state index >= 15 is 0 Å². The van der Waals surface area contributed by atoms with Crippen LogP contribution in [-0.4, -0.2) is 35.8 Å². The lowest BCUT2D eigenvalue weighted by atomic mass is 10.0. The van der Waals surface area contributed by atoms with E-state index in [4.69, 9.17) is 5.21 Å². The number of hydroxylamine groups is 1. The summed E-state index contributed by atoms with van der Waals surface area (Å²) in [7, 11) is -3.22. The van der Waals surface area contributed by atoms with Gasteiger partial charge in [-0.1, -0.05) is 36.4 Å². The van der Waals surface area contributed by atoms with E-state index in [-0.39, 0.29) is 4.90 Å². The summed E-state index contributed by atoms with van der Waals surface area (Å²) < 4.78 is 23.2. The van der Waals surface area contributed by atoms with Crippen LogP contribution in [0, 0.1) is 0 Å². The molecule has 0 unspecified atom stereocenters. The second-order valence-corrected chi connectivity index (χ2v) is 8.65. The molecule has 0 saturated heterocycles. The molecule has 7 nitrogen and oxygen atoms in total. The number of fused-ring (bicyclic) bond motifs is 1. The number of imidazole rings is 1. The van der Waals surface area contributed by atoms with Crippen LogP contribution < -0.4 is 5.48 Å². The lowest BCUT2D eigenvalue weighted by Gasteiger charge is -2.04. The topological polar surface area (TPSA) is 112 Å². The summed E-state index contributed by atoms with van der Waals surface area (Å²) in [6, 6.07) is 19.4. The molecular weight excluding hydrogens is 390 g/mol. The highest BCUT2D eigenvalue weighted by Crippen LogP contribution is 2.26. The molecule has 1 aromatic heterocycles. The van der Waals surface area contributed by atoms with E-state index in [2.05, 4.69) is 9.97 Å². The van der Waals surface area contributed by atoms with Crippen molar-refractivity contribution >= 4 is 26.8 Å². The second-order valence-electron chi connectivity index (χ2n) is 6.63. The van der Waals surface area contributed by atoms with E-state index in [0.29, 0.717) is 22.4 Å². The predicted octanol–water partition coefficient (Wildman–Crippen LogP) is 3.42. The number of nitrogens with one attached hydrogen (secondary N) is 2. The Balaban J connectivity index is 1.63. The zero-order valence-electron chi connectivity index (χ0n) is 15.4. The fraction of sp³-hybridized carbons (Fsp3) is 0.0476. The van der Waals surface area contributed by atoms with Crippen molar-refractivity contribution < 1.29 is 18.4 Å². The summed E-state index contributed by atoms with van der Waals surface area (Å²) in [5, 5.41) is 8.76. The zero-order chi connectivity index (χ0) is 20.6. The van der Waals surface area contributed by atoms with Gasteiger partial charge in [0.1, 0.15) is 5.82 Å². The molecule has 8 heteroatoms. The number of amides is 1. The predicted molar refractivity (Wildman–Crippen MR) is 109 cm³/mol. The molecule has 0 fully saturated rings.